The minimum absolute atomic E-state index is 0.643. The van der Waals surface area contributed by atoms with Gasteiger partial charge in [-0.3, -0.25) is 9.89 Å². The summed E-state index contributed by atoms with van der Waals surface area (Å²) in [4.78, 5) is 10.5. The molecular weight excluding hydrogens is 220 g/mol. The first-order valence-electron chi connectivity index (χ1n) is 3.39. The Hall–Kier alpha value is -1.16. The molecule has 0 saturated heterocycles. The molecule has 0 aliphatic carbocycles. The van der Waals surface area contributed by atoms with Crippen LogP contribution in [-0.2, 0) is 0 Å². The molecule has 2 aromatic rings. The van der Waals surface area contributed by atoms with Gasteiger partial charge in [-0.05, 0) is 28.1 Å². The molecule has 1 aromatic heterocycles. The van der Waals surface area contributed by atoms with Crippen molar-refractivity contribution in [2.75, 3.05) is 0 Å². The number of rotatable bonds is 1. The number of aromatic nitrogens is 2. The standard InChI is InChI=1S/C8H5BrN2O/c9-7-2-8-5(3-10-11-8)1-6(7)4-12/h1-4H,(H,10,11). The van der Waals surface area contributed by atoms with Crippen LogP contribution in [-0.4, -0.2) is 16.5 Å². The first-order valence-corrected chi connectivity index (χ1v) is 4.18. The van der Waals surface area contributed by atoms with Gasteiger partial charge in [0.15, 0.2) is 6.29 Å². The molecule has 2 rings (SSSR count). The fourth-order valence-electron chi connectivity index (χ4n) is 1.07. The Balaban J connectivity index is 2.81. The fourth-order valence-corrected chi connectivity index (χ4v) is 1.51. The third-order valence-corrected chi connectivity index (χ3v) is 2.37. The van der Waals surface area contributed by atoms with Crippen LogP contribution in [0.2, 0.25) is 0 Å². The average molecular weight is 225 g/mol. The summed E-state index contributed by atoms with van der Waals surface area (Å²) < 4.78 is 0.786. The van der Waals surface area contributed by atoms with Crippen LogP contribution in [0, 0.1) is 0 Å². The lowest BCUT2D eigenvalue weighted by Gasteiger charge is -1.94. The Labute approximate surface area is 76.9 Å². The second-order valence-corrected chi connectivity index (χ2v) is 3.30. The van der Waals surface area contributed by atoms with E-state index >= 15 is 0 Å². The van der Waals surface area contributed by atoms with Crippen LogP contribution in [0.15, 0.2) is 22.8 Å². The Morgan fingerprint density at radius 1 is 1.50 bits per heavy atom. The van der Waals surface area contributed by atoms with Gasteiger partial charge in [0.1, 0.15) is 0 Å². The predicted molar refractivity (Wildman–Crippen MR) is 49.2 cm³/mol. The number of hydrogen-bond donors (Lipinski definition) is 1. The molecule has 0 aliphatic rings. The maximum Gasteiger partial charge on any atom is 0.151 e. The Morgan fingerprint density at radius 2 is 2.33 bits per heavy atom. The highest BCUT2D eigenvalue weighted by Crippen LogP contribution is 2.21. The van der Waals surface area contributed by atoms with Crippen molar-refractivity contribution in [3.05, 3.63) is 28.4 Å². The summed E-state index contributed by atoms with van der Waals surface area (Å²) in [5.74, 6) is 0. The minimum Gasteiger partial charge on any atom is -0.298 e. The van der Waals surface area contributed by atoms with Crippen molar-refractivity contribution < 1.29 is 4.79 Å². The first kappa shape index (κ1) is 7.49. The summed E-state index contributed by atoms with van der Waals surface area (Å²) in [6, 6.07) is 3.63. The Morgan fingerprint density at radius 3 is 3.08 bits per heavy atom. The number of carbonyl (C=O) groups excluding carboxylic acids is 1. The zero-order valence-electron chi connectivity index (χ0n) is 6.04. The molecule has 4 heteroatoms. The number of aromatic amines is 1. The second kappa shape index (κ2) is 2.71. The van der Waals surface area contributed by atoms with Crippen molar-refractivity contribution in [3.8, 4) is 0 Å². The molecule has 12 heavy (non-hydrogen) atoms. The topological polar surface area (TPSA) is 45.8 Å². The second-order valence-electron chi connectivity index (χ2n) is 2.45. The van der Waals surface area contributed by atoms with Crippen LogP contribution in [0.1, 0.15) is 10.4 Å². The summed E-state index contributed by atoms with van der Waals surface area (Å²) in [6.07, 6.45) is 2.51. The lowest BCUT2D eigenvalue weighted by molar-refractivity contribution is 0.112. The van der Waals surface area contributed by atoms with E-state index in [4.69, 9.17) is 0 Å². The number of nitrogens with one attached hydrogen (secondary N) is 1. The highest BCUT2D eigenvalue weighted by Gasteiger charge is 2.01. The van der Waals surface area contributed by atoms with Gasteiger partial charge in [0, 0.05) is 15.4 Å². The SMILES string of the molecule is O=Cc1cc2cn[nH]c2cc1Br. The average Bonchev–Trinajstić information content (AvgIpc) is 2.49. The van der Waals surface area contributed by atoms with Crippen LogP contribution in [0.5, 0.6) is 0 Å². The zero-order chi connectivity index (χ0) is 8.55. The number of carbonyl (C=O) groups is 1. The molecule has 1 heterocycles. The number of halogens is 1. The molecule has 0 aliphatic heterocycles. The highest BCUT2D eigenvalue weighted by molar-refractivity contribution is 9.10. The highest BCUT2D eigenvalue weighted by atomic mass is 79.9. The van der Waals surface area contributed by atoms with Crippen LogP contribution < -0.4 is 0 Å². The van der Waals surface area contributed by atoms with Gasteiger partial charge in [-0.2, -0.15) is 5.10 Å². The third kappa shape index (κ3) is 1.04. The first-order chi connectivity index (χ1) is 5.81. The maximum atomic E-state index is 10.5. The van der Waals surface area contributed by atoms with Crippen LogP contribution >= 0.6 is 15.9 Å². The van der Waals surface area contributed by atoms with E-state index in [1.165, 1.54) is 0 Å². The molecule has 60 valence electrons. The molecule has 1 N–H and O–H groups in total. The van der Waals surface area contributed by atoms with Crippen molar-refractivity contribution in [1.29, 1.82) is 0 Å². The quantitative estimate of drug-likeness (QED) is 0.755. The monoisotopic (exact) mass is 224 g/mol. The van der Waals surface area contributed by atoms with Gasteiger partial charge >= 0.3 is 0 Å². The van der Waals surface area contributed by atoms with E-state index in [9.17, 15) is 4.79 Å². The molecule has 0 amide bonds. The summed E-state index contributed by atoms with van der Waals surface area (Å²) >= 11 is 3.28. The maximum absolute atomic E-state index is 10.5. The smallest absolute Gasteiger partial charge is 0.151 e. The van der Waals surface area contributed by atoms with Crippen LogP contribution in [0.3, 0.4) is 0 Å². The van der Waals surface area contributed by atoms with E-state index in [0.717, 1.165) is 21.7 Å². The van der Waals surface area contributed by atoms with E-state index in [1.54, 1.807) is 12.3 Å². The Kier molecular flexibility index (Phi) is 1.69. The van der Waals surface area contributed by atoms with Gasteiger partial charge < -0.3 is 0 Å². The largest absolute Gasteiger partial charge is 0.298 e. The lowest BCUT2D eigenvalue weighted by Crippen LogP contribution is -1.81. The van der Waals surface area contributed by atoms with Crippen molar-refractivity contribution >= 4 is 33.1 Å². The molecule has 1 aromatic carbocycles. The van der Waals surface area contributed by atoms with Crippen molar-refractivity contribution in [2.45, 2.75) is 0 Å². The number of benzene rings is 1. The molecule has 0 spiro atoms. The fraction of sp³-hybridized carbons (Fsp3) is 0. The van der Waals surface area contributed by atoms with Crippen LogP contribution in [0.25, 0.3) is 10.9 Å². The van der Waals surface area contributed by atoms with Gasteiger partial charge in [-0.25, -0.2) is 0 Å². The normalized spacial score (nSPS) is 10.4. The summed E-state index contributed by atoms with van der Waals surface area (Å²) in [6.45, 7) is 0. The molecule has 0 bridgehead atoms. The molecule has 0 fully saturated rings. The minimum atomic E-state index is 0.643. The van der Waals surface area contributed by atoms with E-state index in [0.29, 0.717) is 5.56 Å². The lowest BCUT2D eigenvalue weighted by atomic mass is 10.2. The number of nitrogens with zero attached hydrogens (tertiary/aromatic N) is 1. The molecule has 0 radical (unpaired) electrons. The molecule has 0 atom stereocenters. The molecule has 0 unspecified atom stereocenters. The van der Waals surface area contributed by atoms with Gasteiger partial charge in [-0.1, -0.05) is 0 Å². The van der Waals surface area contributed by atoms with Crippen molar-refractivity contribution in [1.82, 2.24) is 10.2 Å². The molecule has 0 saturated carbocycles. The summed E-state index contributed by atoms with van der Waals surface area (Å²) in [5, 5.41) is 7.62. The number of aldehydes is 1. The molecular formula is C8H5BrN2O. The van der Waals surface area contributed by atoms with Gasteiger partial charge in [0.2, 0.25) is 0 Å². The zero-order valence-corrected chi connectivity index (χ0v) is 7.63. The molecule has 3 nitrogen and oxygen atoms in total. The number of hydrogen-bond acceptors (Lipinski definition) is 2. The van der Waals surface area contributed by atoms with E-state index in [-0.39, 0.29) is 0 Å². The number of fused-ring (bicyclic) bond motifs is 1. The van der Waals surface area contributed by atoms with Crippen LogP contribution in [0.4, 0.5) is 0 Å². The Bertz CT molecular complexity index is 436. The van der Waals surface area contributed by atoms with E-state index in [2.05, 4.69) is 26.1 Å². The van der Waals surface area contributed by atoms with Gasteiger partial charge in [0.05, 0.1) is 11.7 Å². The summed E-state index contributed by atoms with van der Waals surface area (Å²) in [5.41, 5.74) is 1.57. The van der Waals surface area contributed by atoms with Gasteiger partial charge in [-0.15, -0.1) is 0 Å². The van der Waals surface area contributed by atoms with Gasteiger partial charge in [0.25, 0.3) is 0 Å². The number of H-pyrrole nitrogens is 1. The van der Waals surface area contributed by atoms with E-state index < -0.39 is 0 Å². The van der Waals surface area contributed by atoms with Crippen molar-refractivity contribution in [2.24, 2.45) is 0 Å². The third-order valence-electron chi connectivity index (χ3n) is 1.68. The van der Waals surface area contributed by atoms with E-state index in [1.807, 2.05) is 6.07 Å². The van der Waals surface area contributed by atoms with Crippen molar-refractivity contribution in [3.63, 3.8) is 0 Å². The summed E-state index contributed by atoms with van der Waals surface area (Å²) in [7, 11) is 0. The predicted octanol–water partition coefficient (Wildman–Crippen LogP) is 2.14.